The molecule has 0 aliphatic heterocycles. The summed E-state index contributed by atoms with van der Waals surface area (Å²) in [7, 11) is 0. The van der Waals surface area contributed by atoms with Crippen LogP contribution in [0.25, 0.3) is 9.40 Å². The van der Waals surface area contributed by atoms with Gasteiger partial charge < -0.3 is 0 Å². The van der Waals surface area contributed by atoms with E-state index in [2.05, 4.69) is 19.9 Å². The fraction of sp³-hybridized carbons (Fsp3) is 0.455. The molecule has 0 saturated carbocycles. The van der Waals surface area contributed by atoms with Gasteiger partial charge in [-0.3, -0.25) is 0 Å². The lowest BCUT2D eigenvalue weighted by Crippen LogP contribution is -1.89. The second-order valence-electron chi connectivity index (χ2n) is 4.07. The molecular formula is C11H12S2. The van der Waals surface area contributed by atoms with Crippen LogP contribution in [0, 0.1) is 12.8 Å². The highest BCUT2D eigenvalue weighted by Crippen LogP contribution is 2.43. The van der Waals surface area contributed by atoms with Crippen molar-refractivity contribution < 1.29 is 0 Å². The van der Waals surface area contributed by atoms with E-state index in [0.717, 1.165) is 5.92 Å². The third-order valence-corrected chi connectivity index (χ3v) is 5.19. The monoisotopic (exact) mass is 208 g/mol. The average Bonchev–Trinajstić information content (AvgIpc) is 2.60. The van der Waals surface area contributed by atoms with E-state index in [1.165, 1.54) is 22.4 Å². The van der Waals surface area contributed by atoms with Gasteiger partial charge in [-0.15, -0.1) is 22.7 Å². The molecule has 1 atom stereocenters. The number of fused-ring (bicyclic) bond motifs is 3. The number of aryl methyl sites for hydroxylation is 1. The summed E-state index contributed by atoms with van der Waals surface area (Å²) in [6.45, 7) is 4.57. The summed E-state index contributed by atoms with van der Waals surface area (Å²) >= 11 is 4.00. The summed E-state index contributed by atoms with van der Waals surface area (Å²) in [5.41, 5.74) is 1.67. The highest BCUT2D eigenvalue weighted by atomic mass is 32.1. The molecule has 1 aliphatic rings. The summed E-state index contributed by atoms with van der Waals surface area (Å²) in [5, 5.41) is 0. The molecule has 3 rings (SSSR count). The molecule has 1 unspecified atom stereocenters. The highest BCUT2D eigenvalue weighted by Gasteiger charge is 2.23. The van der Waals surface area contributed by atoms with Crippen molar-refractivity contribution in [2.24, 2.45) is 5.92 Å². The van der Waals surface area contributed by atoms with E-state index < -0.39 is 0 Å². The molecule has 0 fully saturated rings. The Morgan fingerprint density at radius 2 is 2.15 bits per heavy atom. The normalized spacial score (nSPS) is 21.2. The van der Waals surface area contributed by atoms with E-state index in [0.29, 0.717) is 0 Å². The van der Waals surface area contributed by atoms with Crippen molar-refractivity contribution in [2.45, 2.75) is 26.7 Å². The first-order valence-corrected chi connectivity index (χ1v) is 6.38. The quantitative estimate of drug-likeness (QED) is 0.613. The summed E-state index contributed by atoms with van der Waals surface area (Å²) < 4.78 is 3.11. The van der Waals surface area contributed by atoms with Crippen LogP contribution < -0.4 is 0 Å². The Labute approximate surface area is 86.2 Å². The topological polar surface area (TPSA) is 0 Å². The van der Waals surface area contributed by atoms with Crippen molar-refractivity contribution in [3.8, 4) is 0 Å². The van der Waals surface area contributed by atoms with Crippen LogP contribution in [0.5, 0.6) is 0 Å². The predicted molar refractivity (Wildman–Crippen MR) is 61.0 cm³/mol. The van der Waals surface area contributed by atoms with Crippen LogP contribution in [0.3, 0.4) is 0 Å². The Balaban J connectivity index is 2.28. The Kier molecular flexibility index (Phi) is 1.59. The molecule has 13 heavy (non-hydrogen) atoms. The Bertz CT molecular complexity index is 462. The molecule has 2 heterocycles. The predicted octanol–water partition coefficient (Wildman–Crippen LogP) is 4.01. The largest absolute Gasteiger partial charge is 0.139 e. The van der Waals surface area contributed by atoms with Crippen molar-refractivity contribution in [1.82, 2.24) is 0 Å². The zero-order chi connectivity index (χ0) is 9.00. The SMILES string of the molecule is Cc1cc2sc3c(c2s1)CC(C)C3. The molecular weight excluding hydrogens is 196 g/mol. The third kappa shape index (κ3) is 1.09. The minimum Gasteiger partial charge on any atom is -0.139 e. The zero-order valence-corrected chi connectivity index (χ0v) is 9.52. The summed E-state index contributed by atoms with van der Waals surface area (Å²) in [4.78, 5) is 3.12. The van der Waals surface area contributed by atoms with Crippen molar-refractivity contribution in [3.05, 3.63) is 21.4 Å². The van der Waals surface area contributed by atoms with Gasteiger partial charge in [-0.25, -0.2) is 0 Å². The second kappa shape index (κ2) is 2.58. The van der Waals surface area contributed by atoms with Crippen molar-refractivity contribution in [1.29, 1.82) is 0 Å². The van der Waals surface area contributed by atoms with E-state index in [4.69, 9.17) is 0 Å². The van der Waals surface area contributed by atoms with Gasteiger partial charge in [-0.05, 0) is 37.3 Å². The van der Waals surface area contributed by atoms with Gasteiger partial charge in [0.2, 0.25) is 0 Å². The Morgan fingerprint density at radius 1 is 1.31 bits per heavy atom. The van der Waals surface area contributed by atoms with E-state index in [1.807, 2.05) is 22.7 Å². The minimum atomic E-state index is 0.882. The zero-order valence-electron chi connectivity index (χ0n) is 7.89. The first-order chi connectivity index (χ1) is 6.24. The molecule has 2 heteroatoms. The second-order valence-corrected chi connectivity index (χ2v) is 6.46. The number of rotatable bonds is 0. The standard InChI is InChI=1S/C11H12S2/c1-6-3-8-9(4-6)13-10-5-7(2)12-11(8)10/h5-6H,3-4H2,1-2H3. The van der Waals surface area contributed by atoms with E-state index in [-0.39, 0.29) is 0 Å². The lowest BCUT2D eigenvalue weighted by Gasteiger charge is -1.95. The fourth-order valence-corrected chi connectivity index (χ4v) is 4.98. The highest BCUT2D eigenvalue weighted by molar-refractivity contribution is 7.28. The van der Waals surface area contributed by atoms with Crippen LogP contribution in [-0.4, -0.2) is 0 Å². The molecule has 2 aromatic rings. The van der Waals surface area contributed by atoms with Gasteiger partial charge >= 0.3 is 0 Å². The third-order valence-electron chi connectivity index (χ3n) is 2.75. The fourth-order valence-electron chi connectivity index (χ4n) is 2.21. The van der Waals surface area contributed by atoms with Gasteiger partial charge in [-0.1, -0.05) is 6.92 Å². The summed E-state index contributed by atoms with van der Waals surface area (Å²) in [5.74, 6) is 0.882. The van der Waals surface area contributed by atoms with Gasteiger partial charge in [0.25, 0.3) is 0 Å². The van der Waals surface area contributed by atoms with Crippen LogP contribution in [0.2, 0.25) is 0 Å². The molecule has 0 saturated heterocycles. The summed E-state index contributed by atoms with van der Waals surface area (Å²) in [6.07, 6.45) is 2.63. The first-order valence-electron chi connectivity index (χ1n) is 4.74. The molecule has 0 aromatic carbocycles. The van der Waals surface area contributed by atoms with Crippen molar-refractivity contribution in [2.75, 3.05) is 0 Å². The van der Waals surface area contributed by atoms with Crippen LogP contribution >= 0.6 is 22.7 Å². The lowest BCUT2D eigenvalue weighted by atomic mass is 10.1. The van der Waals surface area contributed by atoms with E-state index in [9.17, 15) is 0 Å². The van der Waals surface area contributed by atoms with Crippen LogP contribution in [0.1, 0.15) is 22.2 Å². The molecule has 0 amide bonds. The number of thiophene rings is 2. The van der Waals surface area contributed by atoms with Gasteiger partial charge in [0.1, 0.15) is 0 Å². The van der Waals surface area contributed by atoms with Gasteiger partial charge in [-0.2, -0.15) is 0 Å². The van der Waals surface area contributed by atoms with Gasteiger partial charge in [0.15, 0.2) is 0 Å². The maximum Gasteiger partial charge on any atom is 0.0488 e. The van der Waals surface area contributed by atoms with Crippen LogP contribution in [0.4, 0.5) is 0 Å². The van der Waals surface area contributed by atoms with Crippen molar-refractivity contribution >= 4 is 32.1 Å². The lowest BCUT2D eigenvalue weighted by molar-refractivity contribution is 0.631. The number of hydrogen-bond donors (Lipinski definition) is 0. The maximum atomic E-state index is 2.36. The molecule has 0 bridgehead atoms. The van der Waals surface area contributed by atoms with Crippen LogP contribution in [0.15, 0.2) is 6.07 Å². The molecule has 0 radical (unpaired) electrons. The molecule has 0 nitrogen and oxygen atoms in total. The van der Waals surface area contributed by atoms with Crippen molar-refractivity contribution in [3.63, 3.8) is 0 Å². The van der Waals surface area contributed by atoms with E-state index >= 15 is 0 Å². The first kappa shape index (κ1) is 8.01. The molecule has 0 spiro atoms. The smallest absolute Gasteiger partial charge is 0.0488 e. The maximum absolute atomic E-state index is 2.36. The molecule has 2 aromatic heterocycles. The molecule has 68 valence electrons. The number of hydrogen-bond acceptors (Lipinski definition) is 2. The summed E-state index contributed by atoms with van der Waals surface area (Å²) in [6, 6.07) is 2.34. The van der Waals surface area contributed by atoms with Crippen LogP contribution in [-0.2, 0) is 12.8 Å². The van der Waals surface area contributed by atoms with Gasteiger partial charge in [0.05, 0.1) is 0 Å². The Morgan fingerprint density at radius 3 is 3.00 bits per heavy atom. The molecule has 1 aliphatic carbocycles. The minimum absolute atomic E-state index is 0.882. The Hall–Kier alpha value is -0.340. The van der Waals surface area contributed by atoms with Gasteiger partial charge in [0, 0.05) is 19.2 Å². The average molecular weight is 208 g/mol. The van der Waals surface area contributed by atoms with E-state index in [1.54, 1.807) is 15.1 Å². The molecule has 0 N–H and O–H groups in total.